The maximum atomic E-state index is 12.0. The summed E-state index contributed by atoms with van der Waals surface area (Å²) < 4.78 is 5.42. The van der Waals surface area contributed by atoms with E-state index in [9.17, 15) is 4.79 Å². The maximum Gasteiger partial charge on any atom is 0.224 e. The molecule has 0 spiro atoms. The highest BCUT2D eigenvalue weighted by Crippen LogP contribution is 2.24. The van der Waals surface area contributed by atoms with Crippen LogP contribution in [0.25, 0.3) is 0 Å². The molecule has 1 saturated heterocycles. The predicted octanol–water partition coefficient (Wildman–Crippen LogP) is 2.27. The first-order valence-electron chi connectivity index (χ1n) is 7.67. The van der Waals surface area contributed by atoms with Gasteiger partial charge in [-0.25, -0.2) is 0 Å². The lowest BCUT2D eigenvalue weighted by molar-refractivity contribution is -0.124. The first-order chi connectivity index (χ1) is 10.6. The summed E-state index contributed by atoms with van der Waals surface area (Å²) in [6.07, 6.45) is 0. The van der Waals surface area contributed by atoms with Gasteiger partial charge >= 0.3 is 0 Å². The number of carbonyl (C=O) groups is 1. The van der Waals surface area contributed by atoms with Crippen LogP contribution in [-0.4, -0.2) is 50.2 Å². The second kappa shape index (κ2) is 11.9. The highest BCUT2D eigenvalue weighted by molar-refractivity contribution is 6.30. The number of rotatable bonds is 6. The van der Waals surface area contributed by atoms with Gasteiger partial charge in [-0.1, -0.05) is 30.7 Å². The molecule has 1 fully saturated rings. The molecule has 3 N–H and O–H groups in total. The zero-order valence-corrected chi connectivity index (χ0v) is 16.1. The van der Waals surface area contributed by atoms with E-state index in [-0.39, 0.29) is 42.7 Å². The topological polar surface area (TPSA) is 67.6 Å². The van der Waals surface area contributed by atoms with Crippen molar-refractivity contribution in [3.8, 4) is 0 Å². The summed E-state index contributed by atoms with van der Waals surface area (Å²) in [6, 6.07) is 7.90. The number of nitrogens with one attached hydrogen (secondary N) is 1. The van der Waals surface area contributed by atoms with Crippen LogP contribution in [0.2, 0.25) is 5.02 Å². The second-order valence-corrected chi connectivity index (χ2v) is 6.04. The van der Waals surface area contributed by atoms with E-state index in [1.54, 1.807) is 0 Å². The molecule has 0 bridgehead atoms. The average Bonchev–Trinajstić information content (AvgIpc) is 2.55. The Kier molecular flexibility index (Phi) is 11.6. The van der Waals surface area contributed by atoms with Gasteiger partial charge in [0, 0.05) is 37.1 Å². The van der Waals surface area contributed by atoms with E-state index in [0.717, 1.165) is 18.7 Å². The molecule has 5 nitrogen and oxygen atoms in total. The van der Waals surface area contributed by atoms with E-state index in [0.29, 0.717) is 31.3 Å². The minimum Gasteiger partial charge on any atom is -0.379 e. The van der Waals surface area contributed by atoms with Crippen LogP contribution in [0.1, 0.15) is 18.5 Å². The first-order valence-corrected chi connectivity index (χ1v) is 8.04. The van der Waals surface area contributed by atoms with Crippen molar-refractivity contribution in [2.24, 2.45) is 11.7 Å². The molecule has 0 saturated carbocycles. The summed E-state index contributed by atoms with van der Waals surface area (Å²) in [4.78, 5) is 14.3. The fraction of sp³-hybridized carbons (Fsp3) is 0.562. The summed E-state index contributed by atoms with van der Waals surface area (Å²) in [5, 5.41) is 3.71. The minimum atomic E-state index is -0.176. The number of hydrogen-bond donors (Lipinski definition) is 2. The van der Waals surface area contributed by atoms with E-state index >= 15 is 0 Å². The van der Waals surface area contributed by atoms with Gasteiger partial charge in [-0.05, 0) is 17.7 Å². The van der Waals surface area contributed by atoms with E-state index in [1.165, 1.54) is 0 Å². The molecule has 24 heavy (non-hydrogen) atoms. The normalized spacial score (nSPS) is 17.1. The Hall–Kier alpha value is -0.560. The zero-order chi connectivity index (χ0) is 15.9. The second-order valence-electron chi connectivity index (χ2n) is 5.60. The third kappa shape index (κ3) is 6.75. The molecule has 2 unspecified atom stereocenters. The summed E-state index contributed by atoms with van der Waals surface area (Å²) in [6.45, 7) is 5.85. The number of amides is 1. The number of benzene rings is 1. The Bertz CT molecular complexity index is 499. The van der Waals surface area contributed by atoms with Gasteiger partial charge in [0.05, 0.1) is 19.3 Å². The molecule has 0 radical (unpaired) electrons. The van der Waals surface area contributed by atoms with Crippen LogP contribution in [0.15, 0.2) is 24.3 Å². The number of morpholine rings is 1. The molecular weight excluding hydrogens is 373 g/mol. The van der Waals surface area contributed by atoms with Crippen molar-refractivity contribution in [3.05, 3.63) is 34.9 Å². The summed E-state index contributed by atoms with van der Waals surface area (Å²) in [5.74, 6) is -0.188. The third-order valence-electron chi connectivity index (χ3n) is 3.99. The summed E-state index contributed by atoms with van der Waals surface area (Å²) in [7, 11) is 0. The van der Waals surface area contributed by atoms with Crippen molar-refractivity contribution < 1.29 is 9.53 Å². The molecule has 1 aliphatic heterocycles. The van der Waals surface area contributed by atoms with Crippen LogP contribution in [-0.2, 0) is 9.53 Å². The summed E-state index contributed by atoms with van der Waals surface area (Å²) >= 11 is 6.12. The van der Waals surface area contributed by atoms with Gasteiger partial charge in [-0.3, -0.25) is 9.69 Å². The van der Waals surface area contributed by atoms with Crippen molar-refractivity contribution in [2.75, 3.05) is 39.4 Å². The Balaban J connectivity index is 0.00000264. The molecule has 1 aromatic rings. The molecule has 1 heterocycles. The molecule has 2 rings (SSSR count). The van der Waals surface area contributed by atoms with E-state index in [1.807, 2.05) is 31.2 Å². The lowest BCUT2D eigenvalue weighted by Crippen LogP contribution is -2.45. The lowest BCUT2D eigenvalue weighted by atomic mass is 10.0. The largest absolute Gasteiger partial charge is 0.379 e. The predicted molar refractivity (Wildman–Crippen MR) is 102 cm³/mol. The van der Waals surface area contributed by atoms with Crippen molar-refractivity contribution in [1.82, 2.24) is 10.2 Å². The monoisotopic (exact) mass is 397 g/mol. The minimum absolute atomic E-state index is 0. The molecular formula is C16H26Cl3N3O2. The summed E-state index contributed by atoms with van der Waals surface area (Å²) in [5.41, 5.74) is 6.65. The van der Waals surface area contributed by atoms with Crippen LogP contribution in [0, 0.1) is 5.92 Å². The quantitative estimate of drug-likeness (QED) is 0.771. The van der Waals surface area contributed by atoms with Gasteiger partial charge in [-0.2, -0.15) is 0 Å². The van der Waals surface area contributed by atoms with E-state index in [2.05, 4.69) is 10.2 Å². The van der Waals surface area contributed by atoms with Crippen LogP contribution in [0.3, 0.4) is 0 Å². The molecule has 1 amide bonds. The van der Waals surface area contributed by atoms with Gasteiger partial charge in [-0.15, -0.1) is 24.8 Å². The molecule has 1 aromatic carbocycles. The molecule has 8 heteroatoms. The molecule has 2 atom stereocenters. The Morgan fingerprint density at radius 1 is 1.38 bits per heavy atom. The number of ether oxygens (including phenoxy) is 1. The van der Waals surface area contributed by atoms with Gasteiger partial charge in [0.25, 0.3) is 0 Å². The average molecular weight is 399 g/mol. The highest BCUT2D eigenvalue weighted by Gasteiger charge is 2.24. The molecule has 138 valence electrons. The maximum absolute atomic E-state index is 12.0. The van der Waals surface area contributed by atoms with Gasteiger partial charge < -0.3 is 15.8 Å². The van der Waals surface area contributed by atoms with Crippen LogP contribution in [0.4, 0.5) is 0 Å². The number of nitrogens with zero attached hydrogens (tertiary/aromatic N) is 1. The lowest BCUT2D eigenvalue weighted by Gasteiger charge is -2.35. The number of halogens is 3. The number of nitrogens with two attached hydrogens (primary N) is 1. The fourth-order valence-corrected chi connectivity index (χ4v) is 2.74. The van der Waals surface area contributed by atoms with Crippen molar-refractivity contribution in [3.63, 3.8) is 0 Å². The van der Waals surface area contributed by atoms with Gasteiger partial charge in [0.2, 0.25) is 5.91 Å². The Morgan fingerprint density at radius 3 is 2.62 bits per heavy atom. The Morgan fingerprint density at radius 2 is 2.04 bits per heavy atom. The molecule has 0 aromatic heterocycles. The van der Waals surface area contributed by atoms with E-state index < -0.39 is 0 Å². The Labute approximate surface area is 161 Å². The smallest absolute Gasteiger partial charge is 0.224 e. The van der Waals surface area contributed by atoms with Crippen LogP contribution < -0.4 is 11.1 Å². The zero-order valence-electron chi connectivity index (χ0n) is 13.7. The van der Waals surface area contributed by atoms with Crippen molar-refractivity contribution in [2.45, 2.75) is 13.0 Å². The van der Waals surface area contributed by atoms with Gasteiger partial charge in [0.1, 0.15) is 0 Å². The fourth-order valence-electron chi connectivity index (χ4n) is 2.54. The van der Waals surface area contributed by atoms with Crippen molar-refractivity contribution >= 4 is 42.3 Å². The van der Waals surface area contributed by atoms with Crippen LogP contribution in [0.5, 0.6) is 0 Å². The molecule has 1 aliphatic rings. The molecule has 0 aliphatic carbocycles. The standard InChI is InChI=1S/C16H24ClN3O2.2ClH/c1-12(10-18)16(21)19-11-15(20-5-7-22-8-6-20)13-3-2-4-14(17)9-13;;/h2-4,9,12,15H,5-8,10-11,18H2,1H3,(H,19,21);2*1H. The SMILES string of the molecule is CC(CN)C(=O)NCC(c1cccc(Cl)c1)N1CCOCC1.Cl.Cl. The van der Waals surface area contributed by atoms with Crippen molar-refractivity contribution in [1.29, 1.82) is 0 Å². The third-order valence-corrected chi connectivity index (χ3v) is 4.23. The number of carbonyl (C=O) groups excluding carboxylic acids is 1. The highest BCUT2D eigenvalue weighted by atomic mass is 35.5. The van der Waals surface area contributed by atoms with Gasteiger partial charge in [0.15, 0.2) is 0 Å². The first kappa shape index (κ1) is 23.4. The van der Waals surface area contributed by atoms with E-state index in [4.69, 9.17) is 22.1 Å². The number of hydrogen-bond acceptors (Lipinski definition) is 4. The van der Waals surface area contributed by atoms with Crippen LogP contribution >= 0.6 is 36.4 Å².